The van der Waals surface area contributed by atoms with Crippen LogP contribution < -0.4 is 15.0 Å². The summed E-state index contributed by atoms with van der Waals surface area (Å²) in [4.78, 5) is 17.4. The molecule has 1 aromatic rings. The average Bonchev–Trinajstić information content (AvgIpc) is 2.70. The summed E-state index contributed by atoms with van der Waals surface area (Å²) in [6.45, 7) is 10.6. The molecule has 1 aliphatic carbocycles. The summed E-state index contributed by atoms with van der Waals surface area (Å²) in [5.41, 5.74) is 1.16. The van der Waals surface area contributed by atoms with Crippen LogP contribution in [0.4, 0.5) is 5.69 Å². The molecule has 1 heterocycles. The lowest BCUT2D eigenvalue weighted by Gasteiger charge is -2.39. The summed E-state index contributed by atoms with van der Waals surface area (Å²) in [6.07, 6.45) is 4.90. The molecule has 3 rings (SSSR count). The molecule has 0 bridgehead atoms. The number of nitrogens with zero attached hydrogens (tertiary/aromatic N) is 2. The lowest BCUT2D eigenvalue weighted by Crippen LogP contribution is -2.55. The minimum atomic E-state index is -0.0663. The highest BCUT2D eigenvalue weighted by Gasteiger charge is 2.29. The van der Waals surface area contributed by atoms with Crippen LogP contribution >= 0.6 is 0 Å². The molecule has 150 valence electrons. The number of para-hydroxylation sites is 2. The Morgan fingerprint density at radius 1 is 1.19 bits per heavy atom. The Balaban J connectivity index is 1.53. The van der Waals surface area contributed by atoms with Gasteiger partial charge in [-0.05, 0) is 44.7 Å². The van der Waals surface area contributed by atoms with E-state index in [1.807, 2.05) is 26.0 Å². The Morgan fingerprint density at radius 3 is 2.59 bits per heavy atom. The maximum Gasteiger partial charge on any atom is 0.237 e. The van der Waals surface area contributed by atoms with Gasteiger partial charge in [-0.15, -0.1) is 0 Å². The van der Waals surface area contributed by atoms with E-state index in [0.717, 1.165) is 44.0 Å². The zero-order chi connectivity index (χ0) is 19.2. The summed E-state index contributed by atoms with van der Waals surface area (Å²) in [7, 11) is 0. The van der Waals surface area contributed by atoms with Crippen LogP contribution in [0.25, 0.3) is 0 Å². The van der Waals surface area contributed by atoms with Gasteiger partial charge in [0, 0.05) is 32.2 Å². The second-order valence-corrected chi connectivity index (χ2v) is 7.98. The summed E-state index contributed by atoms with van der Waals surface area (Å²) in [5.74, 6) is 1.74. The lowest BCUT2D eigenvalue weighted by atomic mass is 9.86. The number of anilines is 1. The van der Waals surface area contributed by atoms with Crippen LogP contribution in [0.15, 0.2) is 24.3 Å². The first-order chi connectivity index (χ1) is 13.1. The van der Waals surface area contributed by atoms with Crippen molar-refractivity contribution in [3.8, 4) is 5.75 Å². The Kier molecular flexibility index (Phi) is 7.00. The zero-order valence-electron chi connectivity index (χ0n) is 17.1. The van der Waals surface area contributed by atoms with Gasteiger partial charge in [0.2, 0.25) is 5.91 Å². The number of carbonyl (C=O) groups excluding carboxylic acids is 1. The van der Waals surface area contributed by atoms with E-state index < -0.39 is 0 Å². The van der Waals surface area contributed by atoms with Gasteiger partial charge in [0.1, 0.15) is 5.75 Å². The van der Waals surface area contributed by atoms with Crippen molar-refractivity contribution in [1.29, 1.82) is 0 Å². The molecule has 1 saturated carbocycles. The van der Waals surface area contributed by atoms with E-state index in [1.165, 1.54) is 19.3 Å². The first kappa shape index (κ1) is 20.0. The predicted octanol–water partition coefficient (Wildman–Crippen LogP) is 3.29. The molecule has 0 spiro atoms. The number of nitrogens with one attached hydrogen (secondary N) is 1. The van der Waals surface area contributed by atoms with Gasteiger partial charge in [-0.3, -0.25) is 9.69 Å². The van der Waals surface area contributed by atoms with Crippen LogP contribution in [0.5, 0.6) is 5.75 Å². The normalized spacial score (nSPS) is 25.1. The van der Waals surface area contributed by atoms with E-state index in [2.05, 4.69) is 34.2 Å². The van der Waals surface area contributed by atoms with Crippen molar-refractivity contribution in [2.75, 3.05) is 37.7 Å². The van der Waals surface area contributed by atoms with E-state index in [-0.39, 0.29) is 11.9 Å². The quantitative estimate of drug-likeness (QED) is 0.831. The first-order valence-electron chi connectivity index (χ1n) is 10.6. The van der Waals surface area contributed by atoms with Crippen LogP contribution in [0, 0.1) is 5.92 Å². The molecule has 1 aliphatic heterocycles. The smallest absolute Gasteiger partial charge is 0.237 e. The number of hydrogen-bond donors (Lipinski definition) is 1. The molecule has 0 aromatic heterocycles. The number of rotatable bonds is 6. The first-order valence-corrected chi connectivity index (χ1v) is 10.6. The third-order valence-electron chi connectivity index (χ3n) is 6.19. The molecule has 5 heteroatoms. The van der Waals surface area contributed by atoms with Gasteiger partial charge in [-0.2, -0.15) is 0 Å². The fourth-order valence-electron chi connectivity index (χ4n) is 4.35. The SMILES string of the molecule is CCOc1ccccc1N1CCN([C@@H](C)C(=O)N[C@H]2CCCC[C@@H]2C)CC1. The molecule has 5 nitrogen and oxygen atoms in total. The number of hydrogen-bond acceptors (Lipinski definition) is 4. The van der Waals surface area contributed by atoms with Gasteiger partial charge in [-0.1, -0.05) is 31.9 Å². The van der Waals surface area contributed by atoms with Gasteiger partial charge in [0.15, 0.2) is 0 Å². The van der Waals surface area contributed by atoms with Crippen molar-refractivity contribution in [3.63, 3.8) is 0 Å². The molecule has 0 radical (unpaired) electrons. The van der Waals surface area contributed by atoms with E-state index in [1.54, 1.807) is 0 Å². The Bertz CT molecular complexity index is 613. The minimum Gasteiger partial charge on any atom is -0.492 e. The highest BCUT2D eigenvalue weighted by atomic mass is 16.5. The number of amides is 1. The highest BCUT2D eigenvalue weighted by molar-refractivity contribution is 5.81. The van der Waals surface area contributed by atoms with Crippen molar-refractivity contribution in [2.45, 2.75) is 58.5 Å². The third-order valence-corrected chi connectivity index (χ3v) is 6.19. The number of ether oxygens (including phenoxy) is 1. The molecule has 1 amide bonds. The minimum absolute atomic E-state index is 0.0663. The van der Waals surface area contributed by atoms with E-state index in [9.17, 15) is 4.79 Å². The Morgan fingerprint density at radius 2 is 1.89 bits per heavy atom. The van der Waals surface area contributed by atoms with Gasteiger partial charge in [0.05, 0.1) is 18.3 Å². The molecular formula is C22H35N3O2. The molecule has 1 aromatic carbocycles. The van der Waals surface area contributed by atoms with Crippen LogP contribution in [0.1, 0.15) is 46.5 Å². The van der Waals surface area contributed by atoms with E-state index >= 15 is 0 Å². The van der Waals surface area contributed by atoms with Gasteiger partial charge in [-0.25, -0.2) is 0 Å². The standard InChI is InChI=1S/C22H35N3O2/c1-4-27-21-12-8-7-11-20(21)25-15-13-24(14-16-25)18(3)22(26)23-19-10-6-5-9-17(19)2/h7-8,11-12,17-19H,4-6,9-10,13-16H2,1-3H3,(H,23,26)/t17-,18-,19-/m0/s1. The molecule has 2 fully saturated rings. The summed E-state index contributed by atoms with van der Waals surface area (Å²) >= 11 is 0. The summed E-state index contributed by atoms with van der Waals surface area (Å²) in [6, 6.07) is 8.53. The van der Waals surface area contributed by atoms with Crippen molar-refractivity contribution in [3.05, 3.63) is 24.3 Å². The van der Waals surface area contributed by atoms with Crippen molar-refractivity contribution < 1.29 is 9.53 Å². The van der Waals surface area contributed by atoms with Crippen molar-refractivity contribution >= 4 is 11.6 Å². The maximum absolute atomic E-state index is 12.8. The Labute approximate surface area is 164 Å². The topological polar surface area (TPSA) is 44.8 Å². The number of benzene rings is 1. The summed E-state index contributed by atoms with van der Waals surface area (Å²) in [5, 5.41) is 3.32. The van der Waals surface area contributed by atoms with Gasteiger partial charge < -0.3 is 15.0 Å². The second-order valence-electron chi connectivity index (χ2n) is 7.98. The number of carbonyl (C=O) groups is 1. The predicted molar refractivity (Wildman–Crippen MR) is 110 cm³/mol. The van der Waals surface area contributed by atoms with Crippen LogP contribution in [0.3, 0.4) is 0 Å². The van der Waals surface area contributed by atoms with Crippen molar-refractivity contribution in [1.82, 2.24) is 10.2 Å². The fourth-order valence-corrected chi connectivity index (χ4v) is 4.35. The molecule has 27 heavy (non-hydrogen) atoms. The Hall–Kier alpha value is -1.75. The van der Waals surface area contributed by atoms with Crippen LogP contribution in [-0.4, -0.2) is 55.7 Å². The average molecular weight is 374 g/mol. The molecule has 1 saturated heterocycles. The highest BCUT2D eigenvalue weighted by Crippen LogP contribution is 2.29. The fraction of sp³-hybridized carbons (Fsp3) is 0.682. The van der Waals surface area contributed by atoms with Crippen LogP contribution in [-0.2, 0) is 4.79 Å². The van der Waals surface area contributed by atoms with Gasteiger partial charge >= 0.3 is 0 Å². The lowest BCUT2D eigenvalue weighted by molar-refractivity contribution is -0.127. The number of piperazine rings is 1. The largest absolute Gasteiger partial charge is 0.492 e. The maximum atomic E-state index is 12.8. The van der Waals surface area contributed by atoms with Crippen LogP contribution in [0.2, 0.25) is 0 Å². The van der Waals surface area contributed by atoms with E-state index in [4.69, 9.17) is 4.74 Å². The zero-order valence-corrected chi connectivity index (χ0v) is 17.1. The molecule has 1 N–H and O–H groups in total. The molecule has 3 atom stereocenters. The monoisotopic (exact) mass is 373 g/mol. The van der Waals surface area contributed by atoms with E-state index in [0.29, 0.717) is 18.6 Å². The van der Waals surface area contributed by atoms with Crippen molar-refractivity contribution in [2.24, 2.45) is 5.92 Å². The van der Waals surface area contributed by atoms with Gasteiger partial charge in [0.25, 0.3) is 0 Å². The molecule has 0 unspecified atom stereocenters. The molecule has 2 aliphatic rings. The second kappa shape index (κ2) is 9.45. The molecular weight excluding hydrogens is 338 g/mol. The third kappa shape index (κ3) is 4.95. The summed E-state index contributed by atoms with van der Waals surface area (Å²) < 4.78 is 5.78.